The van der Waals surface area contributed by atoms with Gasteiger partial charge in [0.1, 0.15) is 23.1 Å². The number of carbonyl (C=O) groups excluding carboxylic acids is 1. The van der Waals surface area contributed by atoms with Gasteiger partial charge in [-0.1, -0.05) is 18.2 Å². The number of benzene rings is 2. The van der Waals surface area contributed by atoms with Crippen molar-refractivity contribution in [2.45, 2.75) is 0 Å². The van der Waals surface area contributed by atoms with E-state index in [1.165, 1.54) is 37.4 Å². The van der Waals surface area contributed by atoms with Gasteiger partial charge < -0.3 is 15.2 Å². The number of ether oxygens (including phenoxy) is 1. The average molecular weight is 367 g/mol. The second-order valence-electron chi connectivity index (χ2n) is 5.16. The minimum Gasteiger partial charge on any atom is -0.496 e. The Morgan fingerprint density at radius 1 is 1.30 bits per heavy atom. The maximum absolute atomic E-state index is 12.4. The number of hydrogen-bond acceptors (Lipinski definition) is 6. The highest BCUT2D eigenvalue weighted by atomic mass is 16.6. The van der Waals surface area contributed by atoms with E-state index >= 15 is 0 Å². The number of aromatic carboxylic acids is 1. The second kappa shape index (κ2) is 8.26. The summed E-state index contributed by atoms with van der Waals surface area (Å²) in [5.74, 6) is -1.90. The van der Waals surface area contributed by atoms with Gasteiger partial charge in [-0.2, -0.15) is 5.26 Å². The fourth-order valence-electron chi connectivity index (χ4n) is 2.21. The summed E-state index contributed by atoms with van der Waals surface area (Å²) in [5.41, 5.74) is -0.882. The first-order valence-corrected chi connectivity index (χ1v) is 7.45. The van der Waals surface area contributed by atoms with Crippen molar-refractivity contribution in [2.75, 3.05) is 12.4 Å². The van der Waals surface area contributed by atoms with Crippen molar-refractivity contribution in [3.63, 3.8) is 0 Å². The average Bonchev–Trinajstić information content (AvgIpc) is 2.66. The van der Waals surface area contributed by atoms with Crippen LogP contribution in [0.5, 0.6) is 5.75 Å². The second-order valence-corrected chi connectivity index (χ2v) is 5.16. The van der Waals surface area contributed by atoms with E-state index in [-0.39, 0.29) is 22.6 Å². The summed E-state index contributed by atoms with van der Waals surface area (Å²) in [6.45, 7) is 0. The molecule has 2 rings (SSSR count). The normalized spacial score (nSPS) is 10.6. The molecule has 0 aliphatic carbocycles. The van der Waals surface area contributed by atoms with Crippen molar-refractivity contribution < 1.29 is 24.4 Å². The van der Waals surface area contributed by atoms with E-state index in [1.807, 2.05) is 0 Å². The van der Waals surface area contributed by atoms with Crippen LogP contribution in [0.15, 0.2) is 48.0 Å². The Kier molecular flexibility index (Phi) is 5.86. The van der Waals surface area contributed by atoms with Crippen LogP contribution in [0.25, 0.3) is 6.08 Å². The number of nitrogens with one attached hydrogen (secondary N) is 1. The Morgan fingerprint density at radius 3 is 2.59 bits per heavy atom. The number of rotatable bonds is 6. The molecule has 9 nitrogen and oxygen atoms in total. The molecule has 0 fully saturated rings. The van der Waals surface area contributed by atoms with Gasteiger partial charge in [0.15, 0.2) is 0 Å². The number of nitro benzene ring substituents is 1. The molecule has 0 saturated heterocycles. The minimum atomic E-state index is -1.22. The van der Waals surface area contributed by atoms with E-state index in [9.17, 15) is 30.1 Å². The van der Waals surface area contributed by atoms with Crippen LogP contribution in [-0.2, 0) is 4.79 Å². The third-order valence-corrected chi connectivity index (χ3v) is 3.51. The summed E-state index contributed by atoms with van der Waals surface area (Å²) >= 11 is 0. The highest BCUT2D eigenvalue weighted by molar-refractivity contribution is 6.11. The van der Waals surface area contributed by atoms with Crippen LogP contribution in [0, 0.1) is 21.4 Å². The molecule has 0 spiro atoms. The molecule has 9 heteroatoms. The SMILES string of the molecule is COc1ccc(NC(=O)/C(C#N)=C/c2ccccc2C(=O)O)c([N+](=O)[O-])c1. The van der Waals surface area contributed by atoms with Crippen molar-refractivity contribution in [2.24, 2.45) is 0 Å². The first-order chi connectivity index (χ1) is 12.9. The molecule has 0 unspecified atom stereocenters. The van der Waals surface area contributed by atoms with Gasteiger partial charge in [-0.3, -0.25) is 14.9 Å². The summed E-state index contributed by atoms with van der Waals surface area (Å²) in [7, 11) is 1.34. The number of hydrogen-bond donors (Lipinski definition) is 2. The number of amides is 1. The zero-order chi connectivity index (χ0) is 20.0. The summed E-state index contributed by atoms with van der Waals surface area (Å²) in [4.78, 5) is 34.1. The number of anilines is 1. The van der Waals surface area contributed by atoms with Crippen LogP contribution in [0.2, 0.25) is 0 Å². The van der Waals surface area contributed by atoms with E-state index in [0.29, 0.717) is 0 Å². The molecule has 0 bridgehead atoms. The van der Waals surface area contributed by atoms with E-state index in [4.69, 9.17) is 4.74 Å². The Hall–Kier alpha value is -4.19. The lowest BCUT2D eigenvalue weighted by Gasteiger charge is -2.07. The molecular formula is C18H13N3O6. The third kappa shape index (κ3) is 4.46. The lowest BCUT2D eigenvalue weighted by Crippen LogP contribution is -2.15. The third-order valence-electron chi connectivity index (χ3n) is 3.51. The molecule has 1 amide bonds. The molecule has 2 aromatic rings. The molecule has 2 N–H and O–H groups in total. The van der Waals surface area contributed by atoms with Crippen LogP contribution in [-0.4, -0.2) is 29.0 Å². The first-order valence-electron chi connectivity index (χ1n) is 7.45. The first kappa shape index (κ1) is 19.1. The molecule has 0 radical (unpaired) electrons. The highest BCUT2D eigenvalue weighted by Crippen LogP contribution is 2.29. The van der Waals surface area contributed by atoms with Gasteiger partial charge >= 0.3 is 5.97 Å². The molecule has 0 heterocycles. The number of methoxy groups -OCH3 is 1. The lowest BCUT2D eigenvalue weighted by atomic mass is 10.0. The topological polar surface area (TPSA) is 143 Å². The molecule has 136 valence electrons. The Labute approximate surface area is 153 Å². The van der Waals surface area contributed by atoms with Gasteiger partial charge in [0, 0.05) is 0 Å². The number of carboxylic acids is 1. The quantitative estimate of drug-likeness (QED) is 0.346. The predicted molar refractivity (Wildman–Crippen MR) is 95.3 cm³/mol. The van der Waals surface area contributed by atoms with E-state index in [2.05, 4.69) is 5.32 Å². The van der Waals surface area contributed by atoms with Crippen molar-refractivity contribution in [1.29, 1.82) is 5.26 Å². The van der Waals surface area contributed by atoms with Crippen LogP contribution in [0.4, 0.5) is 11.4 Å². The van der Waals surface area contributed by atoms with Crippen molar-refractivity contribution in [3.05, 3.63) is 69.3 Å². The monoisotopic (exact) mass is 367 g/mol. The number of carboxylic acid groups (broad SMARTS) is 1. The summed E-state index contributed by atoms with van der Waals surface area (Å²) in [6, 6.07) is 11.3. The van der Waals surface area contributed by atoms with E-state index in [1.54, 1.807) is 12.1 Å². The van der Waals surface area contributed by atoms with E-state index in [0.717, 1.165) is 12.1 Å². The van der Waals surface area contributed by atoms with Crippen molar-refractivity contribution in [3.8, 4) is 11.8 Å². The fourth-order valence-corrected chi connectivity index (χ4v) is 2.21. The Morgan fingerprint density at radius 2 is 2.00 bits per heavy atom. The summed E-state index contributed by atoms with van der Waals surface area (Å²) in [5, 5.41) is 31.9. The molecule has 2 aromatic carbocycles. The molecule has 0 saturated carbocycles. The number of nitriles is 1. The summed E-state index contributed by atoms with van der Waals surface area (Å²) in [6.07, 6.45) is 1.11. The van der Waals surface area contributed by atoms with Crippen LogP contribution in [0.1, 0.15) is 15.9 Å². The van der Waals surface area contributed by atoms with Gasteiger partial charge in [0.25, 0.3) is 11.6 Å². The number of nitro groups is 1. The molecule has 0 atom stereocenters. The summed E-state index contributed by atoms with van der Waals surface area (Å²) < 4.78 is 4.91. The number of nitrogens with zero attached hydrogens (tertiary/aromatic N) is 2. The predicted octanol–water partition coefficient (Wildman–Crippen LogP) is 2.85. The molecule has 0 aliphatic heterocycles. The Balaban J connectivity index is 2.39. The molecule has 0 aromatic heterocycles. The standard InChI is InChI=1S/C18H13N3O6/c1-27-13-6-7-15(16(9-13)21(25)26)20-17(22)12(10-19)8-11-4-2-3-5-14(11)18(23)24/h2-9H,1H3,(H,20,22)(H,23,24)/b12-8+. The van der Waals surface area contributed by atoms with Crippen LogP contribution >= 0.6 is 0 Å². The maximum atomic E-state index is 12.4. The van der Waals surface area contributed by atoms with Gasteiger partial charge in [-0.05, 0) is 29.8 Å². The van der Waals surface area contributed by atoms with Gasteiger partial charge in [-0.15, -0.1) is 0 Å². The maximum Gasteiger partial charge on any atom is 0.336 e. The van der Waals surface area contributed by atoms with E-state index < -0.39 is 28.1 Å². The lowest BCUT2D eigenvalue weighted by molar-refractivity contribution is -0.384. The van der Waals surface area contributed by atoms with Gasteiger partial charge in [0.05, 0.1) is 23.7 Å². The highest BCUT2D eigenvalue weighted by Gasteiger charge is 2.19. The zero-order valence-electron chi connectivity index (χ0n) is 14.0. The molecule has 27 heavy (non-hydrogen) atoms. The fraction of sp³-hybridized carbons (Fsp3) is 0.0556. The van der Waals surface area contributed by atoms with Crippen LogP contribution < -0.4 is 10.1 Å². The number of carbonyl (C=O) groups is 2. The molecular weight excluding hydrogens is 354 g/mol. The smallest absolute Gasteiger partial charge is 0.336 e. The zero-order valence-corrected chi connectivity index (χ0v) is 14.0. The van der Waals surface area contributed by atoms with Gasteiger partial charge in [-0.25, -0.2) is 4.79 Å². The van der Waals surface area contributed by atoms with Crippen molar-refractivity contribution >= 4 is 29.3 Å². The van der Waals surface area contributed by atoms with Crippen LogP contribution in [0.3, 0.4) is 0 Å². The largest absolute Gasteiger partial charge is 0.496 e. The molecule has 0 aliphatic rings. The van der Waals surface area contributed by atoms with Crippen molar-refractivity contribution in [1.82, 2.24) is 0 Å². The minimum absolute atomic E-state index is 0.0894. The Bertz CT molecular complexity index is 991. The van der Waals surface area contributed by atoms with Gasteiger partial charge in [0.2, 0.25) is 0 Å².